The first-order valence-electron chi connectivity index (χ1n) is 9.38. The second kappa shape index (κ2) is 10.3. The number of carbonyl (C=O) groups excluding carboxylic acids is 2. The zero-order valence-corrected chi connectivity index (χ0v) is 16.2. The zero-order chi connectivity index (χ0) is 19.6. The fourth-order valence-corrected chi connectivity index (χ4v) is 2.62. The highest BCUT2D eigenvalue weighted by Crippen LogP contribution is 2.13. The third-order valence-electron chi connectivity index (χ3n) is 4.34. The smallest absolute Gasteiger partial charge is 0.271 e. The van der Waals surface area contributed by atoms with Crippen LogP contribution < -0.4 is 10.7 Å². The van der Waals surface area contributed by atoms with Crippen LogP contribution in [0.2, 0.25) is 0 Å². The molecular weight excluding hydrogens is 338 g/mol. The largest absolute Gasteiger partial charge is 0.322 e. The van der Waals surface area contributed by atoms with Gasteiger partial charge in [-0.15, -0.1) is 0 Å². The van der Waals surface area contributed by atoms with Crippen LogP contribution in [0.4, 0.5) is 5.69 Å². The lowest BCUT2D eigenvalue weighted by atomic mass is 10.1. The summed E-state index contributed by atoms with van der Waals surface area (Å²) in [6.45, 7) is 6.06. The molecule has 0 radical (unpaired) electrons. The van der Waals surface area contributed by atoms with Gasteiger partial charge in [0.1, 0.15) is 0 Å². The summed E-state index contributed by atoms with van der Waals surface area (Å²) < 4.78 is 0. The predicted octanol–water partition coefficient (Wildman–Crippen LogP) is 4.93. The normalized spacial score (nSPS) is 11.1. The van der Waals surface area contributed by atoms with Gasteiger partial charge in [0, 0.05) is 22.5 Å². The number of amides is 2. The number of aryl methyl sites for hydroxylation is 1. The van der Waals surface area contributed by atoms with Gasteiger partial charge in [-0.2, -0.15) is 5.10 Å². The first kappa shape index (κ1) is 20.4. The molecule has 0 atom stereocenters. The summed E-state index contributed by atoms with van der Waals surface area (Å²) in [6.07, 6.45) is 3.89. The zero-order valence-electron chi connectivity index (χ0n) is 16.2. The Kier molecular flexibility index (Phi) is 7.74. The van der Waals surface area contributed by atoms with Crippen LogP contribution in [0, 0.1) is 6.92 Å². The molecule has 0 aliphatic rings. The van der Waals surface area contributed by atoms with Crippen molar-refractivity contribution in [1.82, 2.24) is 5.43 Å². The molecule has 2 N–H and O–H groups in total. The molecular formula is C22H27N3O2. The summed E-state index contributed by atoms with van der Waals surface area (Å²) in [6, 6.07) is 14.2. The molecule has 0 heterocycles. The Labute approximate surface area is 160 Å². The lowest BCUT2D eigenvalue weighted by molar-refractivity contribution is 0.0954. The van der Waals surface area contributed by atoms with Gasteiger partial charge in [0.15, 0.2) is 0 Å². The van der Waals surface area contributed by atoms with Crippen LogP contribution in [0.3, 0.4) is 0 Å². The van der Waals surface area contributed by atoms with Gasteiger partial charge in [-0.25, -0.2) is 5.43 Å². The van der Waals surface area contributed by atoms with Crippen molar-refractivity contribution in [2.45, 2.75) is 46.5 Å². The van der Waals surface area contributed by atoms with Crippen molar-refractivity contribution in [3.05, 3.63) is 65.2 Å². The number of nitrogens with zero attached hydrogens (tertiary/aromatic N) is 1. The fraction of sp³-hybridized carbons (Fsp3) is 0.318. The molecule has 27 heavy (non-hydrogen) atoms. The van der Waals surface area contributed by atoms with E-state index < -0.39 is 0 Å². The molecule has 142 valence electrons. The van der Waals surface area contributed by atoms with E-state index in [-0.39, 0.29) is 11.8 Å². The van der Waals surface area contributed by atoms with Gasteiger partial charge in [-0.05, 0) is 62.1 Å². The van der Waals surface area contributed by atoms with Gasteiger partial charge in [0.05, 0.1) is 0 Å². The maximum Gasteiger partial charge on any atom is 0.271 e. The van der Waals surface area contributed by atoms with Gasteiger partial charge >= 0.3 is 0 Å². The van der Waals surface area contributed by atoms with E-state index in [1.54, 1.807) is 30.3 Å². The Hall–Kier alpha value is -2.95. The number of hydrogen-bond donors (Lipinski definition) is 2. The number of anilines is 1. The molecule has 2 amide bonds. The molecule has 5 heteroatoms. The molecule has 0 bridgehead atoms. The average Bonchev–Trinajstić information content (AvgIpc) is 2.68. The Morgan fingerprint density at radius 3 is 2.30 bits per heavy atom. The topological polar surface area (TPSA) is 70.6 Å². The van der Waals surface area contributed by atoms with Gasteiger partial charge < -0.3 is 5.32 Å². The monoisotopic (exact) mass is 365 g/mol. The van der Waals surface area contributed by atoms with E-state index in [0.29, 0.717) is 16.8 Å². The molecule has 0 spiro atoms. The van der Waals surface area contributed by atoms with Gasteiger partial charge in [0.2, 0.25) is 0 Å². The summed E-state index contributed by atoms with van der Waals surface area (Å²) >= 11 is 0. The van der Waals surface area contributed by atoms with Gasteiger partial charge in [0.25, 0.3) is 11.8 Å². The van der Waals surface area contributed by atoms with Crippen molar-refractivity contribution in [3.8, 4) is 0 Å². The third kappa shape index (κ3) is 6.06. The van der Waals surface area contributed by atoms with Crippen molar-refractivity contribution in [2.24, 2.45) is 5.10 Å². The predicted molar refractivity (Wildman–Crippen MR) is 110 cm³/mol. The minimum atomic E-state index is -0.255. The van der Waals surface area contributed by atoms with Crippen LogP contribution in [0.25, 0.3) is 0 Å². The minimum Gasteiger partial charge on any atom is -0.322 e. The van der Waals surface area contributed by atoms with E-state index >= 15 is 0 Å². The molecule has 0 saturated heterocycles. The summed E-state index contributed by atoms with van der Waals surface area (Å²) in [5, 5.41) is 7.07. The van der Waals surface area contributed by atoms with E-state index in [1.807, 2.05) is 32.0 Å². The number of unbranched alkanes of at least 4 members (excludes halogenated alkanes) is 1. The van der Waals surface area contributed by atoms with Crippen molar-refractivity contribution in [1.29, 1.82) is 0 Å². The number of carbonyl (C=O) groups is 2. The van der Waals surface area contributed by atoms with Crippen LogP contribution >= 0.6 is 0 Å². The van der Waals surface area contributed by atoms with Crippen LogP contribution in [-0.4, -0.2) is 17.5 Å². The number of hydrazone groups is 1. The first-order valence-corrected chi connectivity index (χ1v) is 9.38. The Morgan fingerprint density at radius 1 is 0.963 bits per heavy atom. The lowest BCUT2D eigenvalue weighted by Gasteiger charge is -2.08. The second-order valence-electron chi connectivity index (χ2n) is 6.42. The van der Waals surface area contributed by atoms with Crippen LogP contribution in [-0.2, 0) is 0 Å². The molecule has 2 rings (SSSR count). The third-order valence-corrected chi connectivity index (χ3v) is 4.34. The second-order valence-corrected chi connectivity index (χ2v) is 6.42. The highest BCUT2D eigenvalue weighted by Gasteiger charge is 2.10. The van der Waals surface area contributed by atoms with E-state index in [9.17, 15) is 9.59 Å². The molecule has 5 nitrogen and oxygen atoms in total. The molecule has 2 aromatic carbocycles. The van der Waals surface area contributed by atoms with E-state index in [4.69, 9.17) is 0 Å². The molecule has 0 fully saturated rings. The van der Waals surface area contributed by atoms with Gasteiger partial charge in [-0.3, -0.25) is 9.59 Å². The molecule has 0 aliphatic heterocycles. The summed E-state index contributed by atoms with van der Waals surface area (Å²) in [7, 11) is 0. The maximum atomic E-state index is 12.3. The summed E-state index contributed by atoms with van der Waals surface area (Å²) in [5.41, 5.74) is 6.29. The molecule has 0 aliphatic carbocycles. The lowest BCUT2D eigenvalue weighted by Crippen LogP contribution is -2.19. The molecule has 0 aromatic heterocycles. The number of hydrogen-bond acceptors (Lipinski definition) is 3. The van der Waals surface area contributed by atoms with Crippen molar-refractivity contribution in [2.75, 3.05) is 5.32 Å². The van der Waals surface area contributed by atoms with Crippen LogP contribution in [0.15, 0.2) is 53.6 Å². The van der Waals surface area contributed by atoms with E-state index in [0.717, 1.165) is 37.0 Å². The van der Waals surface area contributed by atoms with Gasteiger partial charge in [-0.1, -0.05) is 38.5 Å². The van der Waals surface area contributed by atoms with E-state index in [1.165, 1.54) is 0 Å². The number of nitrogens with one attached hydrogen (secondary N) is 2. The van der Waals surface area contributed by atoms with Crippen LogP contribution in [0.5, 0.6) is 0 Å². The SMILES string of the molecule is CCCC/C(CC)=N/NC(=O)c1ccc(NC(=O)c2ccccc2C)cc1. The van der Waals surface area contributed by atoms with Crippen molar-refractivity contribution in [3.63, 3.8) is 0 Å². The Morgan fingerprint density at radius 2 is 1.67 bits per heavy atom. The summed E-state index contributed by atoms with van der Waals surface area (Å²) in [5.74, 6) is -0.423. The average molecular weight is 365 g/mol. The Balaban J connectivity index is 1.98. The van der Waals surface area contributed by atoms with E-state index in [2.05, 4.69) is 22.8 Å². The Bertz CT molecular complexity index is 811. The maximum absolute atomic E-state index is 12.3. The standard InChI is InChI=1S/C22H27N3O2/c1-4-6-10-18(5-2)24-25-21(26)17-12-14-19(15-13-17)23-22(27)20-11-8-7-9-16(20)3/h7-9,11-15H,4-6,10H2,1-3H3,(H,23,27)(H,25,26)/b24-18+. The van der Waals surface area contributed by atoms with Crippen molar-refractivity contribution < 1.29 is 9.59 Å². The highest BCUT2D eigenvalue weighted by atomic mass is 16.2. The first-order chi connectivity index (χ1) is 13.0. The molecule has 0 saturated carbocycles. The fourth-order valence-electron chi connectivity index (χ4n) is 2.62. The van der Waals surface area contributed by atoms with Crippen molar-refractivity contribution >= 4 is 23.2 Å². The number of rotatable bonds is 8. The number of benzene rings is 2. The minimum absolute atomic E-state index is 0.168. The summed E-state index contributed by atoms with van der Waals surface area (Å²) in [4.78, 5) is 24.6. The highest BCUT2D eigenvalue weighted by molar-refractivity contribution is 6.05. The quantitative estimate of drug-likeness (QED) is 0.514. The van der Waals surface area contributed by atoms with Crippen LogP contribution in [0.1, 0.15) is 65.8 Å². The molecule has 0 unspecified atom stereocenters. The molecule has 2 aromatic rings.